The molecule has 0 amide bonds. The molecule has 0 aliphatic carbocycles. The number of hydrogen-bond acceptors (Lipinski definition) is 4. The maximum absolute atomic E-state index is 12.0. The summed E-state index contributed by atoms with van der Waals surface area (Å²) in [4.78, 5) is 17.5. The predicted octanol–water partition coefficient (Wildman–Crippen LogP) is 2.32. The van der Waals surface area contributed by atoms with Gasteiger partial charge in [0.1, 0.15) is 0 Å². The second-order valence-corrected chi connectivity index (χ2v) is 6.48. The summed E-state index contributed by atoms with van der Waals surface area (Å²) < 4.78 is 1.69. The lowest BCUT2D eigenvalue weighted by Gasteiger charge is -2.12. The van der Waals surface area contributed by atoms with Crippen LogP contribution in [0, 0.1) is 0 Å². The molecule has 5 heteroatoms. The van der Waals surface area contributed by atoms with Crippen LogP contribution in [0.15, 0.2) is 14.8 Å². The summed E-state index contributed by atoms with van der Waals surface area (Å²) in [5.74, 6) is 0.995. The second kappa shape index (κ2) is 4.84. The van der Waals surface area contributed by atoms with Crippen LogP contribution < -0.4 is 5.56 Å². The Bertz CT molecular complexity index is 456. The van der Waals surface area contributed by atoms with Crippen LogP contribution >= 0.6 is 23.5 Å². The highest BCUT2D eigenvalue weighted by Crippen LogP contribution is 2.29. The number of fused-ring (bicyclic) bond motifs is 1. The minimum Gasteiger partial charge on any atom is -0.290 e. The van der Waals surface area contributed by atoms with Crippen molar-refractivity contribution in [2.24, 2.45) is 7.05 Å². The number of hydrogen-bond donors (Lipinski definition) is 0. The Morgan fingerprint density at radius 3 is 3.06 bits per heavy atom. The molecule has 0 bridgehead atoms. The third-order valence-electron chi connectivity index (χ3n) is 2.75. The van der Waals surface area contributed by atoms with Gasteiger partial charge in [0, 0.05) is 24.5 Å². The molecule has 0 N–H and O–H groups in total. The Balaban J connectivity index is 2.40. The third-order valence-corrected chi connectivity index (χ3v) is 5.16. The summed E-state index contributed by atoms with van der Waals surface area (Å²) >= 11 is 3.33. The monoisotopic (exact) mass is 256 g/mol. The van der Waals surface area contributed by atoms with E-state index in [9.17, 15) is 4.79 Å². The highest BCUT2D eigenvalue weighted by molar-refractivity contribution is 8.00. The number of thioether (sulfide) groups is 2. The molecule has 0 saturated heterocycles. The lowest BCUT2D eigenvalue weighted by molar-refractivity contribution is 0.666. The van der Waals surface area contributed by atoms with Gasteiger partial charge < -0.3 is 0 Å². The maximum atomic E-state index is 12.0. The molecule has 1 aliphatic heterocycles. The normalized spacial score (nSPS) is 16.2. The summed E-state index contributed by atoms with van der Waals surface area (Å²) in [5, 5.41) is 1.37. The van der Waals surface area contributed by atoms with Crippen molar-refractivity contribution >= 4 is 23.5 Å². The first-order chi connectivity index (χ1) is 7.63. The molecule has 16 heavy (non-hydrogen) atoms. The van der Waals surface area contributed by atoms with Gasteiger partial charge in [0.15, 0.2) is 5.16 Å². The van der Waals surface area contributed by atoms with Gasteiger partial charge in [-0.25, -0.2) is 4.98 Å². The summed E-state index contributed by atoms with van der Waals surface area (Å²) in [5.41, 5.74) is 1.12. The average molecular weight is 256 g/mol. The van der Waals surface area contributed by atoms with Crippen LogP contribution in [0.3, 0.4) is 0 Å². The van der Waals surface area contributed by atoms with Crippen molar-refractivity contribution in [3.05, 3.63) is 16.0 Å². The van der Waals surface area contributed by atoms with Crippen LogP contribution in [0.4, 0.5) is 0 Å². The first kappa shape index (κ1) is 12.0. The van der Waals surface area contributed by atoms with Gasteiger partial charge >= 0.3 is 0 Å². The molecule has 0 aromatic carbocycles. The van der Waals surface area contributed by atoms with Crippen molar-refractivity contribution in [2.75, 3.05) is 5.75 Å². The molecule has 1 atom stereocenters. The Kier molecular flexibility index (Phi) is 3.64. The van der Waals surface area contributed by atoms with Crippen LogP contribution in [0.5, 0.6) is 0 Å². The van der Waals surface area contributed by atoms with E-state index in [1.165, 1.54) is 0 Å². The fourth-order valence-corrected chi connectivity index (χ4v) is 3.54. The van der Waals surface area contributed by atoms with Crippen molar-refractivity contribution in [3.63, 3.8) is 0 Å². The average Bonchev–Trinajstić information content (AvgIpc) is 2.73. The molecule has 0 fully saturated rings. The highest BCUT2D eigenvalue weighted by Gasteiger charge is 2.20. The summed E-state index contributed by atoms with van der Waals surface area (Å²) in [6.07, 6.45) is 2.02. The summed E-state index contributed by atoms with van der Waals surface area (Å²) in [6, 6.07) is 0. The first-order valence-corrected chi connectivity index (χ1v) is 7.39. The molecule has 1 aliphatic rings. The molecule has 88 valence electrons. The molecule has 1 aromatic rings. The topological polar surface area (TPSA) is 34.9 Å². The van der Waals surface area contributed by atoms with E-state index in [1.807, 2.05) is 7.05 Å². The van der Waals surface area contributed by atoms with E-state index >= 15 is 0 Å². The number of aryl methyl sites for hydroxylation is 1. The SMILES string of the molecule is CC[C@H](C)Sc1nc2c(c(=O)n1C)SCC2. The highest BCUT2D eigenvalue weighted by atomic mass is 32.2. The first-order valence-electron chi connectivity index (χ1n) is 5.52. The Morgan fingerprint density at radius 2 is 2.38 bits per heavy atom. The lowest BCUT2D eigenvalue weighted by atomic mass is 10.3. The molecule has 0 spiro atoms. The number of nitrogens with zero attached hydrogens (tertiary/aromatic N) is 2. The maximum Gasteiger partial charge on any atom is 0.267 e. The predicted molar refractivity (Wildman–Crippen MR) is 69.5 cm³/mol. The third kappa shape index (κ3) is 2.15. The van der Waals surface area contributed by atoms with Crippen LogP contribution in [0.2, 0.25) is 0 Å². The molecule has 0 radical (unpaired) electrons. The van der Waals surface area contributed by atoms with Gasteiger partial charge in [-0.2, -0.15) is 0 Å². The summed E-state index contributed by atoms with van der Waals surface area (Å²) in [7, 11) is 1.82. The second-order valence-electron chi connectivity index (χ2n) is 3.97. The summed E-state index contributed by atoms with van der Waals surface area (Å²) in [6.45, 7) is 4.32. The quantitative estimate of drug-likeness (QED) is 0.614. The minimum absolute atomic E-state index is 0.123. The Morgan fingerprint density at radius 1 is 1.62 bits per heavy atom. The largest absolute Gasteiger partial charge is 0.290 e. The van der Waals surface area contributed by atoms with Crippen LogP contribution in [0.1, 0.15) is 26.0 Å². The van der Waals surface area contributed by atoms with Gasteiger partial charge in [0.05, 0.1) is 10.6 Å². The van der Waals surface area contributed by atoms with Crippen LogP contribution in [-0.2, 0) is 13.5 Å². The van der Waals surface area contributed by atoms with E-state index in [-0.39, 0.29) is 5.56 Å². The fourth-order valence-electron chi connectivity index (χ4n) is 1.54. The smallest absolute Gasteiger partial charge is 0.267 e. The van der Waals surface area contributed by atoms with Crippen molar-refractivity contribution in [1.29, 1.82) is 0 Å². The van der Waals surface area contributed by atoms with Gasteiger partial charge in [-0.05, 0) is 6.42 Å². The molecule has 1 aromatic heterocycles. The van der Waals surface area contributed by atoms with Crippen molar-refractivity contribution in [1.82, 2.24) is 9.55 Å². The van der Waals surface area contributed by atoms with E-state index in [4.69, 9.17) is 0 Å². The van der Waals surface area contributed by atoms with E-state index in [1.54, 1.807) is 28.1 Å². The van der Waals surface area contributed by atoms with Gasteiger partial charge in [-0.15, -0.1) is 11.8 Å². The fraction of sp³-hybridized carbons (Fsp3) is 0.636. The van der Waals surface area contributed by atoms with Gasteiger partial charge in [0.25, 0.3) is 5.56 Å². The zero-order valence-electron chi connectivity index (χ0n) is 9.82. The molecular weight excluding hydrogens is 240 g/mol. The molecule has 2 heterocycles. The number of rotatable bonds is 3. The molecule has 0 unspecified atom stereocenters. The van der Waals surface area contributed by atoms with E-state index in [2.05, 4.69) is 18.8 Å². The standard InChI is InChI=1S/C11H16N2OS2/c1-4-7(2)16-11-12-8-5-6-15-9(8)10(14)13(11)3/h7H,4-6H2,1-3H3/t7-/m0/s1. The lowest BCUT2D eigenvalue weighted by Crippen LogP contribution is -2.22. The molecule has 2 rings (SSSR count). The zero-order valence-corrected chi connectivity index (χ0v) is 11.5. The van der Waals surface area contributed by atoms with Crippen molar-refractivity contribution in [3.8, 4) is 0 Å². The van der Waals surface area contributed by atoms with E-state index < -0.39 is 0 Å². The van der Waals surface area contributed by atoms with Crippen LogP contribution in [0.25, 0.3) is 0 Å². The Labute approximate surface area is 104 Å². The van der Waals surface area contributed by atoms with Crippen LogP contribution in [-0.4, -0.2) is 20.6 Å². The van der Waals surface area contributed by atoms with Gasteiger partial charge in [0.2, 0.25) is 0 Å². The Hall–Kier alpha value is -0.420. The minimum atomic E-state index is 0.123. The molecule has 3 nitrogen and oxygen atoms in total. The van der Waals surface area contributed by atoms with E-state index in [0.717, 1.165) is 34.3 Å². The van der Waals surface area contributed by atoms with Gasteiger partial charge in [-0.3, -0.25) is 9.36 Å². The number of aromatic nitrogens is 2. The molecule has 0 saturated carbocycles. The van der Waals surface area contributed by atoms with Crippen molar-refractivity contribution < 1.29 is 0 Å². The molecular formula is C11H16N2OS2. The van der Waals surface area contributed by atoms with Crippen molar-refractivity contribution in [2.45, 2.75) is 42.0 Å². The van der Waals surface area contributed by atoms with Gasteiger partial charge in [-0.1, -0.05) is 25.6 Å². The van der Waals surface area contributed by atoms with E-state index in [0.29, 0.717) is 5.25 Å². The zero-order chi connectivity index (χ0) is 11.7.